The fourth-order valence-electron chi connectivity index (χ4n) is 4.95. The van der Waals surface area contributed by atoms with Crippen molar-refractivity contribution in [1.82, 2.24) is 15.6 Å². The van der Waals surface area contributed by atoms with Crippen molar-refractivity contribution in [1.29, 1.82) is 0 Å². The Morgan fingerprint density at radius 2 is 2.12 bits per heavy atom. The number of thiophene rings is 1. The molecule has 1 aromatic carbocycles. The number of carbonyl (C=O) groups is 2. The summed E-state index contributed by atoms with van der Waals surface area (Å²) in [5, 5.41) is 7.09. The lowest BCUT2D eigenvalue weighted by molar-refractivity contribution is -0.124. The van der Waals surface area contributed by atoms with Gasteiger partial charge in [-0.3, -0.25) is 14.6 Å². The highest BCUT2D eigenvalue weighted by Crippen LogP contribution is 2.49. The molecular formula is C23H26N6O2S. The molecule has 166 valence electrons. The molecule has 2 aromatic heterocycles. The molecule has 3 unspecified atom stereocenters. The molecule has 8 N–H and O–H groups in total. The van der Waals surface area contributed by atoms with Crippen LogP contribution in [-0.4, -0.2) is 35.8 Å². The highest BCUT2D eigenvalue weighted by molar-refractivity contribution is 7.21. The molecule has 1 aliphatic carbocycles. The number of nitrogen functional groups attached to an aromatic ring is 1. The zero-order valence-corrected chi connectivity index (χ0v) is 18.6. The van der Waals surface area contributed by atoms with Gasteiger partial charge < -0.3 is 27.8 Å². The van der Waals surface area contributed by atoms with Gasteiger partial charge in [-0.05, 0) is 44.0 Å². The summed E-state index contributed by atoms with van der Waals surface area (Å²) < 4.78 is 0.726. The number of benzene rings is 1. The number of pyridine rings is 1. The van der Waals surface area contributed by atoms with E-state index in [1.54, 1.807) is 30.5 Å². The number of hydrogen-bond acceptors (Lipinski definition) is 8. The minimum absolute atomic E-state index is 0.0349. The van der Waals surface area contributed by atoms with Gasteiger partial charge in [0, 0.05) is 46.7 Å². The van der Waals surface area contributed by atoms with E-state index in [0.29, 0.717) is 38.3 Å². The summed E-state index contributed by atoms with van der Waals surface area (Å²) in [6.07, 6.45) is 3.57. The van der Waals surface area contributed by atoms with E-state index in [-0.39, 0.29) is 17.7 Å². The third-order valence-corrected chi connectivity index (χ3v) is 7.84. The lowest BCUT2D eigenvalue weighted by Crippen LogP contribution is -2.53. The average Bonchev–Trinajstić information content (AvgIpc) is 3.20. The Balaban J connectivity index is 1.71. The molecule has 3 heterocycles. The topological polar surface area (TPSA) is 149 Å². The molecule has 3 aromatic rings. The molecular weight excluding hydrogens is 424 g/mol. The minimum atomic E-state index is -1.47. The largest absolute Gasteiger partial charge is 0.398 e. The standard InChI is InChI=1S/C23H26N6O2S/c1-11-13(5-3-9-28-11)23(26)14-6-7-15(24)19-16(14)17(18(25)21(23)30)20(32-19)22(31)29-12-4-2-8-27-10-12/h3,5-7,9,12,18,27H,2,4,8,10,24-26H2,1H3,(H,29,31). The lowest BCUT2D eigenvalue weighted by Gasteiger charge is -2.37. The number of nitrogens with two attached hydrogens (primary N) is 3. The molecule has 0 radical (unpaired) electrons. The Bertz CT molecular complexity index is 1250. The molecule has 32 heavy (non-hydrogen) atoms. The molecule has 8 nitrogen and oxygen atoms in total. The summed E-state index contributed by atoms with van der Waals surface area (Å²) in [6, 6.07) is 6.06. The zero-order chi connectivity index (χ0) is 22.6. The van der Waals surface area contributed by atoms with Gasteiger partial charge >= 0.3 is 0 Å². The molecule has 5 rings (SSSR count). The Morgan fingerprint density at radius 1 is 1.31 bits per heavy atom. The number of anilines is 1. The summed E-state index contributed by atoms with van der Waals surface area (Å²) in [7, 11) is 0. The number of piperidine rings is 1. The van der Waals surface area contributed by atoms with Gasteiger partial charge in [0.1, 0.15) is 5.54 Å². The number of rotatable bonds is 3. The van der Waals surface area contributed by atoms with Crippen molar-refractivity contribution >= 4 is 38.8 Å². The Kier molecular flexibility index (Phi) is 5.01. The average molecular weight is 451 g/mol. The van der Waals surface area contributed by atoms with Crippen LogP contribution in [0.1, 0.15) is 50.9 Å². The third-order valence-electron chi connectivity index (χ3n) is 6.58. The molecule has 9 heteroatoms. The fraction of sp³-hybridized carbons (Fsp3) is 0.348. The molecule has 3 atom stereocenters. The van der Waals surface area contributed by atoms with Gasteiger partial charge in [0.05, 0.1) is 15.6 Å². The lowest BCUT2D eigenvalue weighted by atomic mass is 9.70. The van der Waals surface area contributed by atoms with E-state index in [4.69, 9.17) is 17.2 Å². The van der Waals surface area contributed by atoms with Gasteiger partial charge in [0.15, 0.2) is 5.78 Å². The number of aromatic nitrogens is 1. The van der Waals surface area contributed by atoms with E-state index in [9.17, 15) is 9.59 Å². The maximum absolute atomic E-state index is 13.7. The van der Waals surface area contributed by atoms with E-state index < -0.39 is 11.6 Å². The summed E-state index contributed by atoms with van der Waals surface area (Å²) >= 11 is 1.27. The van der Waals surface area contributed by atoms with E-state index in [1.807, 2.05) is 6.92 Å². The van der Waals surface area contributed by atoms with Crippen LogP contribution in [0.25, 0.3) is 10.1 Å². The highest BCUT2D eigenvalue weighted by atomic mass is 32.1. The number of nitrogens with one attached hydrogen (secondary N) is 2. The smallest absolute Gasteiger partial charge is 0.262 e. The van der Waals surface area contributed by atoms with Gasteiger partial charge in [-0.25, -0.2) is 0 Å². The minimum Gasteiger partial charge on any atom is -0.398 e. The van der Waals surface area contributed by atoms with E-state index in [0.717, 1.165) is 30.6 Å². The Labute approximate surface area is 189 Å². The van der Waals surface area contributed by atoms with Crippen molar-refractivity contribution < 1.29 is 9.59 Å². The molecule has 0 bridgehead atoms. The molecule has 2 aliphatic rings. The van der Waals surface area contributed by atoms with Crippen molar-refractivity contribution in [3.05, 3.63) is 57.7 Å². The number of aryl methyl sites for hydroxylation is 1. The van der Waals surface area contributed by atoms with Gasteiger partial charge in [-0.2, -0.15) is 0 Å². The molecule has 1 amide bonds. The van der Waals surface area contributed by atoms with Crippen LogP contribution in [0.5, 0.6) is 0 Å². The first-order chi connectivity index (χ1) is 15.3. The first kappa shape index (κ1) is 21.0. The van der Waals surface area contributed by atoms with Gasteiger partial charge in [0.2, 0.25) is 0 Å². The van der Waals surface area contributed by atoms with Crippen LogP contribution < -0.4 is 27.8 Å². The van der Waals surface area contributed by atoms with E-state index >= 15 is 0 Å². The van der Waals surface area contributed by atoms with Crippen LogP contribution in [0.2, 0.25) is 0 Å². The van der Waals surface area contributed by atoms with Crippen LogP contribution in [0.4, 0.5) is 5.69 Å². The Hall–Kier alpha value is -2.85. The molecule has 1 saturated heterocycles. The number of ketones is 1. The second-order valence-corrected chi connectivity index (χ2v) is 9.58. The van der Waals surface area contributed by atoms with Crippen LogP contribution in [0.15, 0.2) is 30.5 Å². The third kappa shape index (κ3) is 2.96. The second kappa shape index (κ2) is 7.63. The summed E-state index contributed by atoms with van der Waals surface area (Å²) in [4.78, 5) is 31.7. The highest BCUT2D eigenvalue weighted by Gasteiger charge is 2.49. The van der Waals surface area contributed by atoms with Crippen LogP contribution >= 0.6 is 11.3 Å². The molecule has 0 spiro atoms. The summed E-state index contributed by atoms with van der Waals surface area (Å²) in [6.45, 7) is 3.49. The van der Waals surface area contributed by atoms with E-state index in [1.165, 1.54) is 11.3 Å². The Morgan fingerprint density at radius 3 is 2.84 bits per heavy atom. The van der Waals surface area contributed by atoms with Gasteiger partial charge in [-0.1, -0.05) is 12.1 Å². The second-order valence-electron chi connectivity index (χ2n) is 8.55. The number of nitrogens with zero attached hydrogens (tertiary/aromatic N) is 1. The summed E-state index contributed by atoms with van der Waals surface area (Å²) in [5.41, 5.74) is 21.1. The summed E-state index contributed by atoms with van der Waals surface area (Å²) in [5.74, 6) is -0.593. The predicted molar refractivity (Wildman–Crippen MR) is 125 cm³/mol. The molecule has 0 saturated carbocycles. The van der Waals surface area contributed by atoms with Crippen molar-refractivity contribution in [2.45, 2.75) is 37.4 Å². The van der Waals surface area contributed by atoms with Crippen molar-refractivity contribution in [3.8, 4) is 0 Å². The fourth-order valence-corrected chi connectivity index (χ4v) is 6.16. The number of carbonyl (C=O) groups excluding carboxylic acids is 2. The number of Topliss-reactive ketones (excluding diaryl/α,β-unsaturated/α-hetero) is 1. The van der Waals surface area contributed by atoms with Crippen LogP contribution in [0, 0.1) is 6.92 Å². The molecule has 1 aliphatic heterocycles. The normalized spacial score (nSPS) is 25.2. The maximum Gasteiger partial charge on any atom is 0.262 e. The zero-order valence-electron chi connectivity index (χ0n) is 17.8. The quantitative estimate of drug-likeness (QED) is 0.379. The van der Waals surface area contributed by atoms with E-state index in [2.05, 4.69) is 15.6 Å². The van der Waals surface area contributed by atoms with Crippen LogP contribution in [0.3, 0.4) is 0 Å². The number of amides is 1. The van der Waals surface area contributed by atoms with Gasteiger partial charge in [-0.15, -0.1) is 11.3 Å². The van der Waals surface area contributed by atoms with Gasteiger partial charge in [0.25, 0.3) is 5.91 Å². The van der Waals surface area contributed by atoms with Crippen LogP contribution in [-0.2, 0) is 10.3 Å². The predicted octanol–water partition coefficient (Wildman–Crippen LogP) is 1.45. The SMILES string of the molecule is Cc1ncccc1C1(N)C(=O)C(N)c2c(C(=O)NC3CCCNC3)sc3c(N)ccc1c23. The first-order valence-corrected chi connectivity index (χ1v) is 11.5. The monoisotopic (exact) mass is 450 g/mol. The van der Waals surface area contributed by atoms with Crippen molar-refractivity contribution in [3.63, 3.8) is 0 Å². The first-order valence-electron chi connectivity index (χ1n) is 10.7. The molecule has 1 fully saturated rings. The van der Waals surface area contributed by atoms with Crippen molar-refractivity contribution in [2.75, 3.05) is 18.8 Å². The number of hydrogen-bond donors (Lipinski definition) is 5. The van der Waals surface area contributed by atoms with Crippen molar-refractivity contribution in [2.24, 2.45) is 11.5 Å². The maximum atomic E-state index is 13.7.